The molecule has 112 valence electrons. The van der Waals surface area contributed by atoms with Crippen molar-refractivity contribution in [3.05, 3.63) is 70.5 Å². The van der Waals surface area contributed by atoms with E-state index in [4.69, 9.17) is 16.3 Å². The third kappa shape index (κ3) is 4.27. The SMILES string of the molecule is CCOC(c1ccccc1)C(O)Cc1ccc(Cl)c(F)c1. The van der Waals surface area contributed by atoms with E-state index in [0.717, 1.165) is 5.56 Å². The molecular weight excluding hydrogens is 291 g/mol. The summed E-state index contributed by atoms with van der Waals surface area (Å²) in [5, 5.41) is 10.5. The Morgan fingerprint density at radius 3 is 2.52 bits per heavy atom. The lowest BCUT2D eigenvalue weighted by Crippen LogP contribution is -2.23. The van der Waals surface area contributed by atoms with Crippen LogP contribution in [-0.2, 0) is 11.2 Å². The first-order valence-electron chi connectivity index (χ1n) is 6.90. The second kappa shape index (κ2) is 7.55. The maximum absolute atomic E-state index is 13.5. The summed E-state index contributed by atoms with van der Waals surface area (Å²) in [5.74, 6) is -0.478. The topological polar surface area (TPSA) is 29.5 Å². The van der Waals surface area contributed by atoms with Gasteiger partial charge in [0.25, 0.3) is 0 Å². The normalized spacial score (nSPS) is 13.9. The molecule has 0 saturated heterocycles. The van der Waals surface area contributed by atoms with Crippen molar-refractivity contribution in [3.8, 4) is 0 Å². The Bertz CT molecular complexity index is 574. The van der Waals surface area contributed by atoms with Gasteiger partial charge in [0.15, 0.2) is 0 Å². The number of halogens is 2. The Balaban J connectivity index is 2.15. The lowest BCUT2D eigenvalue weighted by atomic mass is 9.98. The van der Waals surface area contributed by atoms with E-state index < -0.39 is 18.0 Å². The number of benzene rings is 2. The van der Waals surface area contributed by atoms with Gasteiger partial charge in [-0.1, -0.05) is 48.0 Å². The van der Waals surface area contributed by atoms with Crippen LogP contribution in [0, 0.1) is 5.82 Å². The predicted molar refractivity (Wildman–Crippen MR) is 81.9 cm³/mol. The summed E-state index contributed by atoms with van der Waals surface area (Å²) in [6, 6.07) is 14.1. The van der Waals surface area contributed by atoms with Gasteiger partial charge in [-0.25, -0.2) is 4.39 Å². The van der Waals surface area contributed by atoms with E-state index >= 15 is 0 Å². The first kappa shape index (κ1) is 16.0. The van der Waals surface area contributed by atoms with Crippen LogP contribution in [0.1, 0.15) is 24.2 Å². The van der Waals surface area contributed by atoms with Crippen molar-refractivity contribution in [1.82, 2.24) is 0 Å². The van der Waals surface area contributed by atoms with Crippen molar-refractivity contribution < 1.29 is 14.2 Å². The highest BCUT2D eigenvalue weighted by Gasteiger charge is 2.22. The maximum Gasteiger partial charge on any atom is 0.142 e. The fourth-order valence-corrected chi connectivity index (χ4v) is 2.38. The fourth-order valence-electron chi connectivity index (χ4n) is 2.27. The highest BCUT2D eigenvalue weighted by Crippen LogP contribution is 2.25. The van der Waals surface area contributed by atoms with Gasteiger partial charge in [0.2, 0.25) is 0 Å². The van der Waals surface area contributed by atoms with Crippen molar-refractivity contribution in [1.29, 1.82) is 0 Å². The zero-order valence-electron chi connectivity index (χ0n) is 11.8. The van der Waals surface area contributed by atoms with E-state index in [1.54, 1.807) is 6.07 Å². The third-order valence-electron chi connectivity index (χ3n) is 3.25. The van der Waals surface area contributed by atoms with Crippen LogP contribution in [0.2, 0.25) is 5.02 Å². The molecule has 4 heteroatoms. The molecule has 2 atom stereocenters. The highest BCUT2D eigenvalue weighted by molar-refractivity contribution is 6.30. The minimum atomic E-state index is -0.757. The van der Waals surface area contributed by atoms with Gasteiger partial charge in [-0.05, 0) is 30.2 Å². The number of aliphatic hydroxyl groups is 1. The number of rotatable bonds is 6. The Labute approximate surface area is 129 Å². The molecule has 2 rings (SSSR count). The minimum Gasteiger partial charge on any atom is -0.390 e. The van der Waals surface area contributed by atoms with Crippen molar-refractivity contribution in [2.24, 2.45) is 0 Å². The molecule has 0 amide bonds. The van der Waals surface area contributed by atoms with Crippen LogP contribution in [0.5, 0.6) is 0 Å². The number of hydrogen-bond donors (Lipinski definition) is 1. The van der Waals surface area contributed by atoms with E-state index in [0.29, 0.717) is 18.6 Å². The average Bonchev–Trinajstić information content (AvgIpc) is 2.49. The van der Waals surface area contributed by atoms with Crippen LogP contribution < -0.4 is 0 Å². The van der Waals surface area contributed by atoms with Gasteiger partial charge in [0.1, 0.15) is 11.9 Å². The highest BCUT2D eigenvalue weighted by atomic mass is 35.5. The molecule has 0 heterocycles. The molecule has 21 heavy (non-hydrogen) atoms. The van der Waals surface area contributed by atoms with Crippen LogP contribution >= 0.6 is 11.6 Å². The largest absolute Gasteiger partial charge is 0.390 e. The van der Waals surface area contributed by atoms with Crippen LogP contribution in [0.4, 0.5) is 4.39 Å². The molecule has 0 aliphatic carbocycles. The molecule has 2 nitrogen and oxygen atoms in total. The molecule has 0 aliphatic heterocycles. The second-order valence-corrected chi connectivity index (χ2v) is 5.21. The maximum atomic E-state index is 13.5. The van der Waals surface area contributed by atoms with Gasteiger partial charge in [-0.2, -0.15) is 0 Å². The van der Waals surface area contributed by atoms with E-state index in [1.807, 2.05) is 37.3 Å². The Hall–Kier alpha value is -1.42. The van der Waals surface area contributed by atoms with Crippen LogP contribution in [0.25, 0.3) is 0 Å². The van der Waals surface area contributed by atoms with Crippen LogP contribution in [0.3, 0.4) is 0 Å². The molecule has 0 aliphatic rings. The Morgan fingerprint density at radius 2 is 1.90 bits per heavy atom. The Kier molecular flexibility index (Phi) is 5.74. The summed E-state index contributed by atoms with van der Waals surface area (Å²) < 4.78 is 19.1. The molecule has 0 saturated carbocycles. The summed E-state index contributed by atoms with van der Waals surface area (Å²) in [7, 11) is 0. The first-order valence-corrected chi connectivity index (χ1v) is 7.28. The fraction of sp³-hybridized carbons (Fsp3) is 0.294. The molecule has 2 aromatic rings. The summed E-state index contributed by atoms with van der Waals surface area (Å²) in [5.41, 5.74) is 1.59. The van der Waals surface area contributed by atoms with Crippen LogP contribution in [-0.4, -0.2) is 17.8 Å². The second-order valence-electron chi connectivity index (χ2n) is 4.81. The zero-order chi connectivity index (χ0) is 15.2. The molecule has 0 radical (unpaired) electrons. The van der Waals surface area contributed by atoms with E-state index in [2.05, 4.69) is 0 Å². The van der Waals surface area contributed by atoms with E-state index in [-0.39, 0.29) is 5.02 Å². The number of ether oxygens (including phenoxy) is 1. The summed E-state index contributed by atoms with van der Waals surface area (Å²) in [6.45, 7) is 2.37. The summed E-state index contributed by atoms with van der Waals surface area (Å²) in [4.78, 5) is 0. The molecule has 0 bridgehead atoms. The van der Waals surface area contributed by atoms with Gasteiger partial charge in [-0.3, -0.25) is 0 Å². The predicted octanol–water partition coefficient (Wildman–Crippen LogP) is 4.16. The zero-order valence-corrected chi connectivity index (χ0v) is 12.6. The lowest BCUT2D eigenvalue weighted by molar-refractivity contribution is -0.0340. The van der Waals surface area contributed by atoms with Crippen molar-refractivity contribution in [3.63, 3.8) is 0 Å². The van der Waals surface area contributed by atoms with E-state index in [1.165, 1.54) is 12.1 Å². The van der Waals surface area contributed by atoms with E-state index in [9.17, 15) is 9.50 Å². The summed E-state index contributed by atoms with van der Waals surface area (Å²) >= 11 is 5.66. The van der Waals surface area contributed by atoms with Gasteiger partial charge >= 0.3 is 0 Å². The monoisotopic (exact) mass is 308 g/mol. The smallest absolute Gasteiger partial charge is 0.142 e. The van der Waals surface area contributed by atoms with Gasteiger partial charge in [-0.15, -0.1) is 0 Å². The number of hydrogen-bond acceptors (Lipinski definition) is 2. The standard InChI is InChI=1S/C17H18ClFO2/c1-2-21-17(13-6-4-3-5-7-13)16(20)11-12-8-9-14(18)15(19)10-12/h3-10,16-17,20H,2,11H2,1H3. The van der Waals surface area contributed by atoms with Crippen molar-refractivity contribution in [2.45, 2.75) is 25.6 Å². The molecule has 2 unspecified atom stereocenters. The number of aliphatic hydroxyl groups excluding tert-OH is 1. The van der Waals surface area contributed by atoms with Gasteiger partial charge < -0.3 is 9.84 Å². The lowest BCUT2D eigenvalue weighted by Gasteiger charge is -2.23. The summed E-state index contributed by atoms with van der Waals surface area (Å²) in [6.07, 6.45) is -0.893. The Morgan fingerprint density at radius 1 is 1.19 bits per heavy atom. The molecule has 0 fully saturated rings. The minimum absolute atomic E-state index is 0.0812. The molecule has 0 spiro atoms. The molecule has 0 aromatic heterocycles. The van der Waals surface area contributed by atoms with Gasteiger partial charge in [0.05, 0.1) is 11.1 Å². The average molecular weight is 309 g/mol. The first-order chi connectivity index (χ1) is 10.1. The quantitative estimate of drug-likeness (QED) is 0.868. The van der Waals surface area contributed by atoms with Crippen LogP contribution in [0.15, 0.2) is 48.5 Å². The molecule has 1 N–H and O–H groups in total. The van der Waals surface area contributed by atoms with Gasteiger partial charge in [0, 0.05) is 13.0 Å². The molecular formula is C17H18ClFO2. The third-order valence-corrected chi connectivity index (χ3v) is 3.56. The molecule has 2 aromatic carbocycles. The van der Waals surface area contributed by atoms with Crippen molar-refractivity contribution >= 4 is 11.6 Å². The van der Waals surface area contributed by atoms with Crippen molar-refractivity contribution in [2.75, 3.05) is 6.61 Å².